The Morgan fingerprint density at radius 3 is 1.31 bits per heavy atom. The van der Waals surface area contributed by atoms with Crippen molar-refractivity contribution in [1.82, 2.24) is 0 Å². The molecule has 0 unspecified atom stereocenters. The van der Waals surface area contributed by atoms with Crippen LogP contribution in [0.4, 0.5) is 11.4 Å². The first-order chi connectivity index (χ1) is 15.3. The summed E-state index contributed by atoms with van der Waals surface area (Å²) in [6.07, 6.45) is 9.97. The van der Waals surface area contributed by atoms with Crippen LogP contribution in [0.2, 0.25) is 0 Å². The summed E-state index contributed by atoms with van der Waals surface area (Å²) < 4.78 is 2.42. The zero-order chi connectivity index (χ0) is 23.3. The highest BCUT2D eigenvalue weighted by molar-refractivity contribution is 14.1. The SMILES string of the molecule is Cc1cc(NC(=O)CCCCCCCCCCC(=O)Nc2ccc(I)c(C)c2)ccc1I. The van der Waals surface area contributed by atoms with E-state index in [4.69, 9.17) is 0 Å². The summed E-state index contributed by atoms with van der Waals surface area (Å²) in [6, 6.07) is 12.0. The first-order valence-corrected chi connectivity index (χ1v) is 13.6. The zero-order valence-electron chi connectivity index (χ0n) is 19.1. The number of unbranched alkanes of at least 4 members (excludes halogenated alkanes) is 7. The van der Waals surface area contributed by atoms with E-state index in [-0.39, 0.29) is 11.8 Å². The van der Waals surface area contributed by atoms with Crippen molar-refractivity contribution in [2.24, 2.45) is 0 Å². The Kier molecular flexibility index (Phi) is 12.6. The van der Waals surface area contributed by atoms with Crippen molar-refractivity contribution < 1.29 is 9.59 Å². The van der Waals surface area contributed by atoms with Gasteiger partial charge < -0.3 is 10.6 Å². The minimum atomic E-state index is 0.101. The molecule has 174 valence electrons. The number of hydrogen-bond donors (Lipinski definition) is 2. The molecule has 2 rings (SSSR count). The highest BCUT2D eigenvalue weighted by Crippen LogP contribution is 2.19. The molecule has 0 saturated heterocycles. The maximum atomic E-state index is 12.1. The Bertz CT molecular complexity index is 826. The number of anilines is 2. The van der Waals surface area contributed by atoms with Crippen molar-refractivity contribution in [3.05, 3.63) is 54.7 Å². The lowest BCUT2D eigenvalue weighted by atomic mass is 10.1. The van der Waals surface area contributed by atoms with E-state index in [0.29, 0.717) is 12.8 Å². The van der Waals surface area contributed by atoms with E-state index in [2.05, 4.69) is 69.7 Å². The second-order valence-electron chi connectivity index (χ2n) is 8.35. The molecular weight excluding hydrogens is 626 g/mol. The number of benzene rings is 2. The molecule has 0 fully saturated rings. The van der Waals surface area contributed by atoms with Crippen molar-refractivity contribution in [3.8, 4) is 0 Å². The molecule has 0 saturated carbocycles. The molecular formula is C26H34I2N2O2. The van der Waals surface area contributed by atoms with Gasteiger partial charge in [-0.05, 0) is 119 Å². The Morgan fingerprint density at radius 1 is 0.625 bits per heavy atom. The van der Waals surface area contributed by atoms with E-state index in [1.165, 1.54) is 44.0 Å². The third-order valence-corrected chi connectivity index (χ3v) is 7.86. The summed E-state index contributed by atoms with van der Waals surface area (Å²) in [6.45, 7) is 4.11. The van der Waals surface area contributed by atoms with Crippen LogP contribution >= 0.6 is 45.2 Å². The zero-order valence-corrected chi connectivity index (χ0v) is 23.4. The summed E-state index contributed by atoms with van der Waals surface area (Å²) in [5.74, 6) is 0.202. The normalized spacial score (nSPS) is 10.8. The van der Waals surface area contributed by atoms with Gasteiger partial charge in [0.1, 0.15) is 0 Å². The highest BCUT2D eigenvalue weighted by Gasteiger charge is 2.05. The molecule has 2 N–H and O–H groups in total. The third kappa shape index (κ3) is 10.6. The molecule has 6 heteroatoms. The number of hydrogen-bond acceptors (Lipinski definition) is 2. The Labute approximate surface area is 220 Å². The minimum Gasteiger partial charge on any atom is -0.326 e. The molecule has 0 radical (unpaired) electrons. The molecule has 0 aliphatic heterocycles. The maximum Gasteiger partial charge on any atom is 0.224 e. The number of halogens is 2. The van der Waals surface area contributed by atoms with Crippen LogP contribution in [0.5, 0.6) is 0 Å². The molecule has 0 atom stereocenters. The van der Waals surface area contributed by atoms with Crippen LogP contribution in [0, 0.1) is 21.0 Å². The molecule has 2 aromatic rings. The van der Waals surface area contributed by atoms with Crippen LogP contribution in [0.25, 0.3) is 0 Å². The molecule has 0 heterocycles. The molecule has 32 heavy (non-hydrogen) atoms. The summed E-state index contributed by atoms with van der Waals surface area (Å²) >= 11 is 4.60. The van der Waals surface area contributed by atoms with Crippen LogP contribution in [-0.2, 0) is 9.59 Å². The number of carbonyl (C=O) groups is 2. The van der Waals surface area contributed by atoms with E-state index in [1.54, 1.807) is 0 Å². The van der Waals surface area contributed by atoms with Crippen molar-refractivity contribution in [2.75, 3.05) is 10.6 Å². The third-order valence-electron chi connectivity index (χ3n) is 5.44. The van der Waals surface area contributed by atoms with E-state index in [1.807, 2.05) is 36.4 Å². The first kappa shape index (κ1) is 27.1. The number of aryl methyl sites for hydroxylation is 2. The van der Waals surface area contributed by atoms with Gasteiger partial charge in [0.2, 0.25) is 11.8 Å². The molecule has 0 aliphatic rings. The summed E-state index contributed by atoms with van der Waals surface area (Å²) in [5.41, 5.74) is 4.14. The average molecular weight is 660 g/mol. The predicted molar refractivity (Wildman–Crippen MR) is 151 cm³/mol. The van der Waals surface area contributed by atoms with E-state index >= 15 is 0 Å². The van der Waals surface area contributed by atoms with Gasteiger partial charge in [0.05, 0.1) is 0 Å². The highest BCUT2D eigenvalue weighted by atomic mass is 127. The smallest absolute Gasteiger partial charge is 0.224 e. The molecule has 0 aliphatic carbocycles. The van der Waals surface area contributed by atoms with Gasteiger partial charge >= 0.3 is 0 Å². The molecule has 4 nitrogen and oxygen atoms in total. The molecule has 0 bridgehead atoms. The van der Waals surface area contributed by atoms with Crippen LogP contribution in [0.1, 0.15) is 75.3 Å². The largest absolute Gasteiger partial charge is 0.326 e. The van der Waals surface area contributed by atoms with E-state index in [9.17, 15) is 9.59 Å². The predicted octanol–water partition coefficient (Wildman–Crippen LogP) is 7.99. The lowest BCUT2D eigenvalue weighted by molar-refractivity contribution is -0.117. The van der Waals surface area contributed by atoms with Crippen LogP contribution < -0.4 is 10.6 Å². The number of nitrogens with one attached hydrogen (secondary N) is 2. The molecule has 0 spiro atoms. The summed E-state index contributed by atoms with van der Waals surface area (Å²) in [4.78, 5) is 24.1. The number of rotatable bonds is 13. The standard InChI is InChI=1S/C26H34I2N2O2/c1-19-17-21(13-15-23(19)27)29-25(31)11-9-7-5-3-4-6-8-10-12-26(32)30-22-14-16-24(28)20(2)18-22/h13-18H,3-12H2,1-2H3,(H,29,31)(H,30,32). The Morgan fingerprint density at radius 2 is 0.969 bits per heavy atom. The second kappa shape index (κ2) is 14.9. The lowest BCUT2D eigenvalue weighted by Crippen LogP contribution is -2.11. The Hall–Kier alpha value is -1.16. The second-order valence-corrected chi connectivity index (χ2v) is 10.7. The molecule has 2 aromatic carbocycles. The van der Waals surface area contributed by atoms with Gasteiger partial charge in [0.25, 0.3) is 0 Å². The van der Waals surface area contributed by atoms with Gasteiger partial charge in [-0.3, -0.25) is 9.59 Å². The fourth-order valence-corrected chi connectivity index (χ4v) is 4.19. The monoisotopic (exact) mass is 660 g/mol. The fraction of sp³-hybridized carbons (Fsp3) is 0.462. The quantitative estimate of drug-likeness (QED) is 0.169. The van der Waals surface area contributed by atoms with Crippen molar-refractivity contribution in [2.45, 2.75) is 78.1 Å². The van der Waals surface area contributed by atoms with Gasteiger partial charge in [-0.15, -0.1) is 0 Å². The van der Waals surface area contributed by atoms with Gasteiger partial charge in [0.15, 0.2) is 0 Å². The van der Waals surface area contributed by atoms with Crippen LogP contribution in [0.15, 0.2) is 36.4 Å². The topological polar surface area (TPSA) is 58.2 Å². The molecule has 2 amide bonds. The van der Waals surface area contributed by atoms with Crippen LogP contribution in [0.3, 0.4) is 0 Å². The average Bonchev–Trinajstić information content (AvgIpc) is 2.74. The first-order valence-electron chi connectivity index (χ1n) is 11.5. The van der Waals surface area contributed by atoms with Crippen LogP contribution in [-0.4, -0.2) is 11.8 Å². The fourth-order valence-electron chi connectivity index (χ4n) is 3.52. The van der Waals surface area contributed by atoms with E-state index in [0.717, 1.165) is 37.1 Å². The van der Waals surface area contributed by atoms with Gasteiger partial charge in [-0.25, -0.2) is 0 Å². The lowest BCUT2D eigenvalue weighted by Gasteiger charge is -2.08. The van der Waals surface area contributed by atoms with Crippen molar-refractivity contribution in [1.29, 1.82) is 0 Å². The summed E-state index contributed by atoms with van der Waals surface area (Å²) in [5, 5.41) is 5.98. The minimum absolute atomic E-state index is 0.101. The van der Waals surface area contributed by atoms with Gasteiger partial charge in [0, 0.05) is 31.4 Å². The summed E-state index contributed by atoms with van der Waals surface area (Å²) in [7, 11) is 0. The molecule has 0 aromatic heterocycles. The van der Waals surface area contributed by atoms with Crippen molar-refractivity contribution >= 4 is 68.4 Å². The van der Waals surface area contributed by atoms with E-state index < -0.39 is 0 Å². The number of amides is 2. The van der Waals surface area contributed by atoms with Gasteiger partial charge in [-0.2, -0.15) is 0 Å². The Balaban J connectivity index is 1.44. The number of carbonyl (C=O) groups excluding carboxylic acids is 2. The maximum absolute atomic E-state index is 12.1. The van der Waals surface area contributed by atoms with Crippen molar-refractivity contribution in [3.63, 3.8) is 0 Å². The van der Waals surface area contributed by atoms with Gasteiger partial charge in [-0.1, -0.05) is 38.5 Å².